The largest absolute Gasteiger partial charge is 0.294 e. The monoisotopic (exact) mass is 272 g/mol. The summed E-state index contributed by atoms with van der Waals surface area (Å²) in [6.45, 7) is 0. The van der Waals surface area contributed by atoms with Gasteiger partial charge in [0.1, 0.15) is 0 Å². The van der Waals surface area contributed by atoms with Gasteiger partial charge in [-0.25, -0.2) is 5.84 Å². The van der Waals surface area contributed by atoms with Crippen molar-refractivity contribution in [3.05, 3.63) is 38.4 Å². The fraction of sp³-hybridized carbons (Fsp3) is 0.125. The van der Waals surface area contributed by atoms with Gasteiger partial charge in [0.2, 0.25) is 5.91 Å². The van der Waals surface area contributed by atoms with Crippen LogP contribution < -0.4 is 11.3 Å². The average Bonchev–Trinajstić information content (AvgIpc) is 2.35. The lowest BCUT2D eigenvalue weighted by atomic mass is 10.3. The third-order valence-electron chi connectivity index (χ3n) is 1.87. The van der Waals surface area contributed by atoms with Crippen LogP contribution >= 0.6 is 11.8 Å². The van der Waals surface area contributed by atoms with Gasteiger partial charge in [0.05, 0.1) is 26.6 Å². The zero-order chi connectivity index (χ0) is 13.7. The molecule has 0 atom stereocenters. The summed E-state index contributed by atoms with van der Waals surface area (Å²) in [5.41, 5.74) is 1.08. The van der Waals surface area contributed by atoms with Crippen molar-refractivity contribution in [2.75, 3.05) is 5.75 Å². The van der Waals surface area contributed by atoms with Crippen molar-refractivity contribution in [1.82, 2.24) is 5.43 Å². The van der Waals surface area contributed by atoms with Gasteiger partial charge in [-0.1, -0.05) is 0 Å². The Bertz CT molecular complexity index is 506. The molecule has 0 radical (unpaired) electrons. The molecule has 96 valence electrons. The molecular formula is C8H8N4O5S. The Hall–Kier alpha value is -2.20. The second-order valence-corrected chi connectivity index (χ2v) is 4.04. The minimum Gasteiger partial charge on any atom is -0.294 e. The second-order valence-electron chi connectivity index (χ2n) is 3.02. The van der Waals surface area contributed by atoms with E-state index in [0.717, 1.165) is 23.9 Å². The molecule has 18 heavy (non-hydrogen) atoms. The quantitative estimate of drug-likeness (QED) is 0.262. The van der Waals surface area contributed by atoms with E-state index in [1.54, 1.807) is 0 Å². The molecule has 3 N–H and O–H groups in total. The Morgan fingerprint density at radius 3 is 2.50 bits per heavy atom. The van der Waals surface area contributed by atoms with E-state index >= 15 is 0 Å². The van der Waals surface area contributed by atoms with Gasteiger partial charge < -0.3 is 0 Å². The van der Waals surface area contributed by atoms with Crippen LogP contribution in [0.15, 0.2) is 23.1 Å². The van der Waals surface area contributed by atoms with Gasteiger partial charge in [0, 0.05) is 6.07 Å². The highest BCUT2D eigenvalue weighted by Crippen LogP contribution is 2.32. The Balaban J connectivity index is 3.00. The maximum Gasteiger partial charge on any atom is 0.289 e. The number of carbonyl (C=O) groups excluding carboxylic acids is 1. The molecule has 0 bridgehead atoms. The molecule has 1 aromatic rings. The summed E-state index contributed by atoms with van der Waals surface area (Å²) in [6, 6.07) is 3.21. The first kappa shape index (κ1) is 13.9. The number of nitrogens with one attached hydrogen (secondary N) is 1. The number of benzene rings is 1. The lowest BCUT2D eigenvalue weighted by Crippen LogP contribution is -2.31. The zero-order valence-electron chi connectivity index (χ0n) is 8.86. The number of nitro benzene ring substituents is 2. The maximum atomic E-state index is 10.9. The Morgan fingerprint density at radius 2 is 2.00 bits per heavy atom. The summed E-state index contributed by atoms with van der Waals surface area (Å²) in [5.74, 6) is 4.24. The van der Waals surface area contributed by atoms with Gasteiger partial charge in [-0.3, -0.25) is 30.4 Å². The number of carbonyl (C=O) groups is 1. The van der Waals surface area contributed by atoms with Gasteiger partial charge in [-0.15, -0.1) is 11.8 Å². The predicted molar refractivity (Wildman–Crippen MR) is 62.8 cm³/mol. The predicted octanol–water partition coefficient (Wildman–Crippen LogP) is 0.585. The summed E-state index contributed by atoms with van der Waals surface area (Å²) in [6.07, 6.45) is 0. The van der Waals surface area contributed by atoms with E-state index in [0.29, 0.717) is 0 Å². The van der Waals surface area contributed by atoms with Gasteiger partial charge in [-0.05, 0) is 6.07 Å². The highest BCUT2D eigenvalue weighted by atomic mass is 32.2. The highest BCUT2D eigenvalue weighted by molar-refractivity contribution is 8.00. The standard InChI is InChI=1S/C8H8N4O5S/c9-10-8(13)4-18-7-2-1-5(11(14)15)3-6(7)12(16)17/h1-3H,4,9H2,(H,10,13). The molecule has 0 aliphatic rings. The summed E-state index contributed by atoms with van der Waals surface area (Å²) >= 11 is 0.872. The molecule has 0 aliphatic heterocycles. The van der Waals surface area contributed by atoms with Crippen LogP contribution in [0.1, 0.15) is 0 Å². The van der Waals surface area contributed by atoms with Crippen molar-refractivity contribution in [2.24, 2.45) is 5.84 Å². The van der Waals surface area contributed by atoms with E-state index in [-0.39, 0.29) is 16.3 Å². The summed E-state index contributed by atoms with van der Waals surface area (Å²) in [7, 11) is 0. The van der Waals surface area contributed by atoms with Gasteiger partial charge in [0.15, 0.2) is 0 Å². The molecule has 9 nitrogen and oxygen atoms in total. The highest BCUT2D eigenvalue weighted by Gasteiger charge is 2.20. The Morgan fingerprint density at radius 1 is 1.33 bits per heavy atom. The van der Waals surface area contributed by atoms with Crippen LogP contribution in [-0.2, 0) is 4.79 Å². The van der Waals surface area contributed by atoms with E-state index in [2.05, 4.69) is 0 Å². The second kappa shape index (κ2) is 5.93. The van der Waals surface area contributed by atoms with Gasteiger partial charge >= 0.3 is 0 Å². The van der Waals surface area contributed by atoms with Crippen LogP contribution in [0.4, 0.5) is 11.4 Å². The van der Waals surface area contributed by atoms with E-state index < -0.39 is 21.4 Å². The minimum atomic E-state index is -0.740. The van der Waals surface area contributed by atoms with Crippen molar-refractivity contribution >= 4 is 29.0 Å². The molecule has 1 amide bonds. The number of non-ortho nitro benzene ring substituents is 1. The minimum absolute atomic E-state index is 0.116. The molecule has 0 heterocycles. The molecule has 0 spiro atoms. The fourth-order valence-electron chi connectivity index (χ4n) is 1.07. The maximum absolute atomic E-state index is 10.9. The number of nitro groups is 2. The van der Waals surface area contributed by atoms with E-state index in [1.165, 1.54) is 6.07 Å². The number of hydrogen-bond acceptors (Lipinski definition) is 7. The molecule has 0 aromatic heterocycles. The number of hydrazine groups is 1. The van der Waals surface area contributed by atoms with E-state index in [4.69, 9.17) is 5.84 Å². The van der Waals surface area contributed by atoms with Crippen molar-refractivity contribution in [1.29, 1.82) is 0 Å². The normalized spacial score (nSPS) is 9.83. The lowest BCUT2D eigenvalue weighted by Gasteiger charge is -2.02. The summed E-state index contributed by atoms with van der Waals surface area (Å²) < 4.78 is 0. The van der Waals surface area contributed by atoms with E-state index in [9.17, 15) is 25.0 Å². The number of hydrogen-bond donors (Lipinski definition) is 2. The molecule has 1 aromatic carbocycles. The van der Waals surface area contributed by atoms with Crippen LogP contribution in [0.2, 0.25) is 0 Å². The first-order valence-electron chi connectivity index (χ1n) is 4.50. The molecule has 0 saturated heterocycles. The van der Waals surface area contributed by atoms with Gasteiger partial charge in [0.25, 0.3) is 11.4 Å². The fourth-order valence-corrected chi connectivity index (χ4v) is 1.88. The van der Waals surface area contributed by atoms with Crippen LogP contribution in [0.25, 0.3) is 0 Å². The molecule has 0 saturated carbocycles. The average molecular weight is 272 g/mol. The molecular weight excluding hydrogens is 264 g/mol. The number of thioether (sulfide) groups is 1. The zero-order valence-corrected chi connectivity index (χ0v) is 9.68. The summed E-state index contributed by atoms with van der Waals surface area (Å²) in [5, 5.41) is 21.3. The first-order valence-corrected chi connectivity index (χ1v) is 5.49. The molecule has 0 fully saturated rings. The third-order valence-corrected chi connectivity index (χ3v) is 2.93. The lowest BCUT2D eigenvalue weighted by molar-refractivity contribution is -0.396. The summed E-state index contributed by atoms with van der Waals surface area (Å²) in [4.78, 5) is 30.8. The number of amides is 1. The van der Waals surface area contributed by atoms with Crippen molar-refractivity contribution < 1.29 is 14.6 Å². The number of rotatable bonds is 5. The topological polar surface area (TPSA) is 141 Å². The Labute approximate surface area is 105 Å². The molecule has 10 heteroatoms. The van der Waals surface area contributed by atoms with Crippen molar-refractivity contribution in [3.63, 3.8) is 0 Å². The third kappa shape index (κ3) is 3.40. The number of nitrogens with zero attached hydrogens (tertiary/aromatic N) is 2. The first-order chi connectivity index (χ1) is 8.45. The van der Waals surface area contributed by atoms with Crippen LogP contribution in [0.5, 0.6) is 0 Å². The van der Waals surface area contributed by atoms with Crippen molar-refractivity contribution in [2.45, 2.75) is 4.90 Å². The smallest absolute Gasteiger partial charge is 0.289 e. The van der Waals surface area contributed by atoms with Crippen molar-refractivity contribution in [3.8, 4) is 0 Å². The van der Waals surface area contributed by atoms with Crippen LogP contribution in [-0.4, -0.2) is 21.5 Å². The van der Waals surface area contributed by atoms with Crippen LogP contribution in [0.3, 0.4) is 0 Å². The SMILES string of the molecule is NNC(=O)CSc1ccc([N+](=O)[O-])cc1[N+](=O)[O-]. The Kier molecular flexibility index (Phi) is 4.57. The van der Waals surface area contributed by atoms with Gasteiger partial charge in [-0.2, -0.15) is 0 Å². The molecule has 0 aliphatic carbocycles. The number of nitrogens with two attached hydrogens (primary N) is 1. The van der Waals surface area contributed by atoms with Crippen LogP contribution in [0, 0.1) is 20.2 Å². The molecule has 1 rings (SSSR count). The van der Waals surface area contributed by atoms with E-state index in [1.807, 2.05) is 5.43 Å². The molecule has 0 unspecified atom stereocenters.